The van der Waals surface area contributed by atoms with Crippen molar-refractivity contribution in [2.45, 2.75) is 6.82 Å². The molecule has 0 aliphatic heterocycles. The molecule has 0 atom stereocenters. The molecule has 9 heteroatoms. The smallest absolute Gasteiger partial charge is 0.0637 e. The van der Waals surface area contributed by atoms with Crippen LogP contribution in [0.4, 0.5) is 0 Å². The highest BCUT2D eigenvalue weighted by atomic mass is 13.0. The fourth-order valence-corrected chi connectivity index (χ4v) is 1.16. The molecule has 10 heavy (non-hydrogen) atoms. The molecule has 0 unspecified atom stereocenters. The first kappa shape index (κ1) is 10.6. The van der Waals surface area contributed by atoms with Crippen LogP contribution < -0.4 is 0 Å². The zero-order valence-electron chi connectivity index (χ0n) is 7.82. The molecule has 0 bridgehead atoms. The average molecular weight is 122 g/mol. The molecule has 0 saturated heterocycles. The van der Waals surface area contributed by atoms with Crippen molar-refractivity contribution in [3.8, 4) is 0 Å². The van der Waals surface area contributed by atoms with E-state index >= 15 is 0 Å². The number of hydrogen-bond acceptors (Lipinski definition) is 0. The third-order valence-electron chi connectivity index (χ3n) is 1.89. The predicted octanol–water partition coefficient (Wildman–Crippen LogP) is -5.52. The molecule has 0 fully saturated rings. The van der Waals surface area contributed by atoms with Crippen molar-refractivity contribution in [1.29, 1.82) is 0 Å². The lowest BCUT2D eigenvalue weighted by Crippen LogP contribution is -2.33. The fraction of sp³-hybridized carbons (Fsp3) is 1.00. The van der Waals surface area contributed by atoms with Gasteiger partial charge in [0.15, 0.2) is 0 Å². The van der Waals surface area contributed by atoms with Crippen molar-refractivity contribution >= 4 is 64.3 Å². The summed E-state index contributed by atoms with van der Waals surface area (Å²) < 4.78 is 0. The Morgan fingerprint density at radius 3 is 2.20 bits per heavy atom. The van der Waals surface area contributed by atoms with Gasteiger partial charge in [0.25, 0.3) is 0 Å². The summed E-state index contributed by atoms with van der Waals surface area (Å²) in [6.45, 7) is 3.21. The van der Waals surface area contributed by atoms with Gasteiger partial charge in [-0.25, -0.2) is 0 Å². The van der Waals surface area contributed by atoms with E-state index in [2.05, 4.69) is 22.3 Å². The van der Waals surface area contributed by atoms with Crippen molar-refractivity contribution in [2.24, 2.45) is 0 Å². The normalized spacial score (nSPS) is 7.30. The van der Waals surface area contributed by atoms with Gasteiger partial charge in [0.05, 0.1) is 22.0 Å². The van der Waals surface area contributed by atoms with Crippen molar-refractivity contribution in [1.82, 2.24) is 0 Å². The topological polar surface area (TPSA) is 0 Å². The van der Waals surface area contributed by atoms with Crippen LogP contribution in [0.25, 0.3) is 0 Å². The predicted molar refractivity (Wildman–Crippen MR) is 71.6 cm³/mol. The van der Waals surface area contributed by atoms with Crippen molar-refractivity contribution < 1.29 is 0 Å². The first-order valence-corrected chi connectivity index (χ1v) is 4.77. The van der Waals surface area contributed by atoms with Crippen molar-refractivity contribution in [3.05, 3.63) is 0 Å². The van der Waals surface area contributed by atoms with E-state index in [9.17, 15) is 0 Å². The lowest BCUT2D eigenvalue weighted by Gasteiger charge is -1.93. The van der Waals surface area contributed by atoms with E-state index < -0.39 is 0 Å². The molecular formula is CH13B9. The molecule has 0 heterocycles. The molecule has 0 saturated carbocycles. The molecule has 0 aliphatic carbocycles. The van der Waals surface area contributed by atoms with Crippen LogP contribution >= 0.6 is 0 Å². The van der Waals surface area contributed by atoms with Crippen LogP contribution in [0.5, 0.6) is 0 Å². The van der Waals surface area contributed by atoms with E-state index in [0.29, 0.717) is 0 Å². The summed E-state index contributed by atoms with van der Waals surface area (Å²) in [7, 11) is 13.1. The maximum absolute atomic E-state index is 2.31. The van der Waals surface area contributed by atoms with Crippen LogP contribution in [-0.4, -0.2) is 64.3 Å². The Morgan fingerprint density at radius 2 is 1.70 bits per heavy atom. The van der Waals surface area contributed by atoms with Gasteiger partial charge in [-0.1, -0.05) is 0 Å². The zero-order valence-corrected chi connectivity index (χ0v) is 7.82. The van der Waals surface area contributed by atoms with E-state index in [4.69, 9.17) is 0 Å². The van der Waals surface area contributed by atoms with Crippen LogP contribution in [-0.2, 0) is 0 Å². The Balaban J connectivity index is 2.77. The SMILES string of the molecule is BBBBBBBB(B)C. The summed E-state index contributed by atoms with van der Waals surface area (Å²) in [6.07, 6.45) is 0. The minimum absolute atomic E-state index is 0.904. The molecule has 0 aromatic rings. The van der Waals surface area contributed by atoms with E-state index in [-0.39, 0.29) is 0 Å². The van der Waals surface area contributed by atoms with Gasteiger partial charge in [-0.05, 0) is 0 Å². The van der Waals surface area contributed by atoms with Gasteiger partial charge in [0.1, 0.15) is 0 Å². The molecule has 0 rings (SSSR count). The molecule has 0 radical (unpaired) electrons. The molecule has 0 aromatic heterocycles. The lowest BCUT2D eigenvalue weighted by molar-refractivity contribution is 2.34. The summed E-state index contributed by atoms with van der Waals surface area (Å²) in [5.41, 5.74) is 0. The summed E-state index contributed by atoms with van der Waals surface area (Å²) in [6, 6.07) is 0. The van der Waals surface area contributed by atoms with E-state index in [1.165, 1.54) is 42.4 Å². The van der Waals surface area contributed by atoms with Gasteiger partial charge in [-0.15, -0.1) is 6.82 Å². The first-order valence-electron chi connectivity index (χ1n) is 4.77. The monoisotopic (exact) mass is 124 g/mol. The standard InChI is InChI=1S/CH13B9/c1-10(3)9-8-7-6-5-4-2/h4-9H,2-3H2,1H3. The minimum atomic E-state index is 0.904. The summed E-state index contributed by atoms with van der Waals surface area (Å²) in [5.74, 6) is 0. The third-order valence-corrected chi connectivity index (χ3v) is 1.89. The van der Waals surface area contributed by atoms with E-state index in [1.807, 2.05) is 0 Å². The molecule has 44 valence electrons. The zero-order chi connectivity index (χ0) is 7.82. The molecule has 0 N–H and O–H groups in total. The summed E-state index contributed by atoms with van der Waals surface area (Å²) in [5, 5.41) is 0. The Kier molecular flexibility index (Phi) is 8.14. The minimum Gasteiger partial charge on any atom is -0.100 e. The highest BCUT2D eigenvalue weighted by Crippen LogP contribution is 1.65. The second-order valence-electron chi connectivity index (χ2n) is 3.60. The van der Waals surface area contributed by atoms with Crippen molar-refractivity contribution in [2.75, 3.05) is 0 Å². The van der Waals surface area contributed by atoms with Crippen LogP contribution in [0, 0.1) is 0 Å². The van der Waals surface area contributed by atoms with E-state index in [0.717, 1.165) is 6.49 Å². The molecular weight excluding hydrogens is 109 g/mol. The van der Waals surface area contributed by atoms with Crippen LogP contribution in [0.2, 0.25) is 6.82 Å². The Hall–Kier alpha value is 0.584. The lowest BCUT2D eigenvalue weighted by atomic mass is 8.88. The maximum Gasteiger partial charge on any atom is 0.0637 e. The summed E-state index contributed by atoms with van der Waals surface area (Å²) >= 11 is 0. The molecule has 0 amide bonds. The molecule has 0 aliphatic rings. The number of rotatable bonds is 6. The Morgan fingerprint density at radius 1 is 1.10 bits per heavy atom. The highest BCUT2D eigenvalue weighted by Gasteiger charge is 2.01. The van der Waals surface area contributed by atoms with Crippen LogP contribution in [0.3, 0.4) is 0 Å². The summed E-state index contributed by atoms with van der Waals surface area (Å²) in [4.78, 5) is 0. The largest absolute Gasteiger partial charge is 0.100 e. The van der Waals surface area contributed by atoms with Gasteiger partial charge in [0.2, 0.25) is 0 Å². The van der Waals surface area contributed by atoms with Gasteiger partial charge in [0, 0.05) is 42.4 Å². The van der Waals surface area contributed by atoms with Gasteiger partial charge in [-0.3, -0.25) is 0 Å². The van der Waals surface area contributed by atoms with Gasteiger partial charge < -0.3 is 0 Å². The second-order valence-corrected chi connectivity index (χ2v) is 3.60. The second kappa shape index (κ2) is 7.69. The van der Waals surface area contributed by atoms with Gasteiger partial charge >= 0.3 is 0 Å². The fourth-order valence-electron chi connectivity index (χ4n) is 1.16. The highest BCUT2D eigenvalue weighted by molar-refractivity contribution is 7.68. The van der Waals surface area contributed by atoms with Crippen LogP contribution in [0.15, 0.2) is 0 Å². The third kappa shape index (κ3) is 8.58. The van der Waals surface area contributed by atoms with Crippen molar-refractivity contribution in [3.63, 3.8) is 0 Å². The number of hydrogen-bond donors (Lipinski definition) is 0. The van der Waals surface area contributed by atoms with Crippen LogP contribution in [0.1, 0.15) is 0 Å². The molecule has 0 spiro atoms. The maximum atomic E-state index is 2.31. The average Bonchev–Trinajstić information content (AvgIpc) is 1.87. The molecule has 0 aromatic carbocycles. The first-order chi connectivity index (χ1) is 4.77. The Bertz CT molecular complexity index is 59.7. The van der Waals surface area contributed by atoms with E-state index in [1.54, 1.807) is 0 Å². The Labute approximate surface area is 71.7 Å². The van der Waals surface area contributed by atoms with Gasteiger partial charge in [-0.2, -0.15) is 0 Å². The quantitative estimate of drug-likeness (QED) is 0.244. The molecule has 0 nitrogen and oxygen atoms in total.